The third-order valence-electron chi connectivity index (χ3n) is 2.79. The van der Waals surface area contributed by atoms with Crippen LogP contribution in [0.4, 0.5) is 11.4 Å². The Morgan fingerprint density at radius 3 is 2.89 bits per heavy atom. The quantitative estimate of drug-likeness (QED) is 0.707. The maximum atomic E-state index is 11.8. The number of rotatable bonds is 3. The molecule has 1 unspecified atom stereocenters. The molecule has 2 rings (SSSR count). The second kappa shape index (κ2) is 4.56. The Morgan fingerprint density at radius 2 is 2.22 bits per heavy atom. The van der Waals surface area contributed by atoms with Gasteiger partial charge in [0.15, 0.2) is 0 Å². The number of amides is 1. The number of carbonyl (C=O) groups excluding carboxylic acids is 1. The Hall–Kier alpha value is -2.24. The number of hydrogen-bond acceptors (Lipinski definition) is 4. The first-order chi connectivity index (χ1) is 8.49. The Morgan fingerprint density at radius 1 is 1.50 bits per heavy atom. The third kappa shape index (κ3) is 2.22. The lowest BCUT2D eigenvalue weighted by Gasteiger charge is -2.19. The molecule has 0 bridgehead atoms. The van der Waals surface area contributed by atoms with Crippen LogP contribution in [0.3, 0.4) is 0 Å². The van der Waals surface area contributed by atoms with Crippen molar-refractivity contribution in [2.24, 2.45) is 0 Å². The number of aromatic nitrogens is 2. The van der Waals surface area contributed by atoms with Crippen molar-refractivity contribution in [2.45, 2.75) is 13.0 Å². The third-order valence-corrected chi connectivity index (χ3v) is 2.79. The standard InChI is InChI=1S/C12H17N5O/c1-7(12(18)17(2)3)15-11-5-10-8(4-9(11)13)6-14-16-10/h4-7,15H,13H2,1-3H3,(H,14,16). The molecule has 1 aromatic heterocycles. The highest BCUT2D eigenvalue weighted by Crippen LogP contribution is 2.25. The van der Waals surface area contributed by atoms with Crippen LogP contribution < -0.4 is 11.1 Å². The summed E-state index contributed by atoms with van der Waals surface area (Å²) in [6.45, 7) is 1.80. The number of carbonyl (C=O) groups is 1. The van der Waals surface area contributed by atoms with Gasteiger partial charge in [0, 0.05) is 19.5 Å². The van der Waals surface area contributed by atoms with Gasteiger partial charge in [-0.05, 0) is 19.1 Å². The van der Waals surface area contributed by atoms with Gasteiger partial charge in [0.25, 0.3) is 0 Å². The molecule has 6 nitrogen and oxygen atoms in total. The predicted molar refractivity (Wildman–Crippen MR) is 72.3 cm³/mol. The molecule has 1 atom stereocenters. The maximum absolute atomic E-state index is 11.8. The fourth-order valence-corrected chi connectivity index (χ4v) is 1.82. The van der Waals surface area contributed by atoms with Crippen LogP contribution in [0.1, 0.15) is 6.92 Å². The highest BCUT2D eigenvalue weighted by Gasteiger charge is 2.15. The number of nitrogens with zero attached hydrogens (tertiary/aromatic N) is 2. The summed E-state index contributed by atoms with van der Waals surface area (Å²) in [5.41, 5.74) is 8.16. The Bertz CT molecular complexity index is 575. The van der Waals surface area contributed by atoms with Crippen LogP contribution in [0, 0.1) is 0 Å². The van der Waals surface area contributed by atoms with E-state index in [-0.39, 0.29) is 11.9 Å². The minimum atomic E-state index is -0.331. The maximum Gasteiger partial charge on any atom is 0.244 e. The van der Waals surface area contributed by atoms with Gasteiger partial charge in [-0.2, -0.15) is 5.10 Å². The second-order valence-electron chi connectivity index (χ2n) is 4.50. The van der Waals surface area contributed by atoms with E-state index in [9.17, 15) is 4.79 Å². The number of aromatic amines is 1. The van der Waals surface area contributed by atoms with Crippen molar-refractivity contribution >= 4 is 28.2 Å². The average Bonchev–Trinajstić information content (AvgIpc) is 2.75. The first-order valence-corrected chi connectivity index (χ1v) is 5.69. The molecule has 0 aliphatic heterocycles. The van der Waals surface area contributed by atoms with Crippen molar-refractivity contribution < 1.29 is 4.79 Å². The fourth-order valence-electron chi connectivity index (χ4n) is 1.82. The van der Waals surface area contributed by atoms with Crippen molar-refractivity contribution in [2.75, 3.05) is 25.1 Å². The molecular formula is C12H17N5O. The molecule has 1 heterocycles. The van der Waals surface area contributed by atoms with Gasteiger partial charge in [-0.1, -0.05) is 0 Å². The van der Waals surface area contributed by atoms with Gasteiger partial charge in [-0.3, -0.25) is 9.89 Å². The highest BCUT2D eigenvalue weighted by molar-refractivity contribution is 5.91. The summed E-state index contributed by atoms with van der Waals surface area (Å²) in [6, 6.07) is 3.35. The lowest BCUT2D eigenvalue weighted by Crippen LogP contribution is -2.36. The zero-order valence-corrected chi connectivity index (χ0v) is 10.7. The molecule has 0 saturated carbocycles. The molecule has 0 radical (unpaired) electrons. The van der Waals surface area contributed by atoms with E-state index in [2.05, 4.69) is 15.5 Å². The van der Waals surface area contributed by atoms with Crippen LogP contribution in [-0.2, 0) is 4.79 Å². The summed E-state index contributed by atoms with van der Waals surface area (Å²) < 4.78 is 0. The molecule has 1 amide bonds. The number of nitrogen functional groups attached to an aromatic ring is 1. The Kier molecular flexibility index (Phi) is 3.10. The predicted octanol–water partition coefficient (Wildman–Crippen LogP) is 1.03. The Balaban J connectivity index is 2.25. The van der Waals surface area contributed by atoms with Crippen molar-refractivity contribution in [3.05, 3.63) is 18.3 Å². The van der Waals surface area contributed by atoms with E-state index in [1.54, 1.807) is 32.1 Å². The topological polar surface area (TPSA) is 87.0 Å². The van der Waals surface area contributed by atoms with Crippen molar-refractivity contribution in [3.8, 4) is 0 Å². The molecule has 0 aliphatic carbocycles. The number of fused-ring (bicyclic) bond motifs is 1. The number of hydrogen-bond donors (Lipinski definition) is 3. The van der Waals surface area contributed by atoms with Crippen molar-refractivity contribution in [1.29, 1.82) is 0 Å². The van der Waals surface area contributed by atoms with E-state index in [1.165, 1.54) is 0 Å². The number of anilines is 2. The van der Waals surface area contributed by atoms with Crippen LogP contribution in [0.15, 0.2) is 18.3 Å². The molecule has 2 aromatic rings. The van der Waals surface area contributed by atoms with Crippen molar-refractivity contribution in [3.63, 3.8) is 0 Å². The first kappa shape index (κ1) is 12.2. The van der Waals surface area contributed by atoms with E-state index in [1.807, 2.05) is 12.1 Å². The number of nitrogens with two attached hydrogens (primary N) is 1. The lowest BCUT2D eigenvalue weighted by molar-refractivity contribution is -0.129. The lowest BCUT2D eigenvalue weighted by atomic mass is 10.2. The zero-order valence-electron chi connectivity index (χ0n) is 10.7. The van der Waals surface area contributed by atoms with Gasteiger partial charge >= 0.3 is 0 Å². The first-order valence-electron chi connectivity index (χ1n) is 5.69. The van der Waals surface area contributed by atoms with Gasteiger partial charge in [0.05, 0.1) is 23.1 Å². The summed E-state index contributed by atoms with van der Waals surface area (Å²) in [4.78, 5) is 13.3. The SMILES string of the molecule is CC(Nc1cc2[nH]ncc2cc1N)C(=O)N(C)C. The number of nitrogens with one attached hydrogen (secondary N) is 2. The molecule has 4 N–H and O–H groups in total. The van der Waals surface area contributed by atoms with Gasteiger partial charge in [0.2, 0.25) is 5.91 Å². The van der Waals surface area contributed by atoms with Crippen LogP contribution in [0.5, 0.6) is 0 Å². The minimum Gasteiger partial charge on any atom is -0.397 e. The van der Waals surface area contributed by atoms with Crippen LogP contribution in [-0.4, -0.2) is 41.1 Å². The average molecular weight is 247 g/mol. The molecule has 0 fully saturated rings. The monoisotopic (exact) mass is 247 g/mol. The molecular weight excluding hydrogens is 230 g/mol. The zero-order chi connectivity index (χ0) is 13.3. The highest BCUT2D eigenvalue weighted by atomic mass is 16.2. The summed E-state index contributed by atoms with van der Waals surface area (Å²) >= 11 is 0. The van der Waals surface area contributed by atoms with Gasteiger partial charge in [-0.15, -0.1) is 0 Å². The number of likely N-dealkylation sites (N-methyl/N-ethyl adjacent to an activating group) is 1. The normalized spacial score (nSPS) is 12.4. The molecule has 0 saturated heterocycles. The van der Waals surface area contributed by atoms with E-state index in [4.69, 9.17) is 5.73 Å². The molecule has 0 aliphatic rings. The van der Waals surface area contributed by atoms with Gasteiger partial charge < -0.3 is 16.0 Å². The Labute approximate surface area is 105 Å². The van der Waals surface area contributed by atoms with E-state index in [0.717, 1.165) is 16.6 Å². The van der Waals surface area contributed by atoms with Gasteiger partial charge in [0.1, 0.15) is 6.04 Å². The van der Waals surface area contributed by atoms with E-state index in [0.29, 0.717) is 5.69 Å². The molecule has 18 heavy (non-hydrogen) atoms. The number of H-pyrrole nitrogens is 1. The second-order valence-corrected chi connectivity index (χ2v) is 4.50. The van der Waals surface area contributed by atoms with E-state index >= 15 is 0 Å². The van der Waals surface area contributed by atoms with Crippen LogP contribution >= 0.6 is 0 Å². The largest absolute Gasteiger partial charge is 0.397 e. The fraction of sp³-hybridized carbons (Fsp3) is 0.333. The smallest absolute Gasteiger partial charge is 0.244 e. The molecule has 0 spiro atoms. The summed E-state index contributed by atoms with van der Waals surface area (Å²) in [5.74, 6) is -0.000826. The van der Waals surface area contributed by atoms with Crippen molar-refractivity contribution in [1.82, 2.24) is 15.1 Å². The molecule has 96 valence electrons. The summed E-state index contributed by atoms with van der Waals surface area (Å²) in [6.07, 6.45) is 1.71. The van der Waals surface area contributed by atoms with Crippen LogP contribution in [0.25, 0.3) is 10.9 Å². The number of benzene rings is 1. The molecule has 1 aromatic carbocycles. The molecule has 6 heteroatoms. The van der Waals surface area contributed by atoms with E-state index < -0.39 is 0 Å². The van der Waals surface area contributed by atoms with Crippen LogP contribution in [0.2, 0.25) is 0 Å². The van der Waals surface area contributed by atoms with Gasteiger partial charge in [-0.25, -0.2) is 0 Å². The minimum absolute atomic E-state index is 0.000826. The summed E-state index contributed by atoms with van der Waals surface area (Å²) in [7, 11) is 3.45. The summed E-state index contributed by atoms with van der Waals surface area (Å²) in [5, 5.41) is 10.9.